The molecule has 132 valence electrons. The normalized spacial score (nSPS) is 11.2. The van der Waals surface area contributed by atoms with E-state index < -0.39 is 11.7 Å². The molecule has 3 aromatic rings. The Morgan fingerprint density at radius 2 is 1.81 bits per heavy atom. The van der Waals surface area contributed by atoms with Crippen molar-refractivity contribution >= 4 is 5.69 Å². The maximum atomic E-state index is 13.0. The highest BCUT2D eigenvalue weighted by Crippen LogP contribution is 2.33. The molecule has 0 bridgehead atoms. The van der Waals surface area contributed by atoms with Gasteiger partial charge < -0.3 is 9.88 Å². The van der Waals surface area contributed by atoms with Crippen LogP contribution in [0.25, 0.3) is 0 Å². The fourth-order valence-electron chi connectivity index (χ4n) is 2.54. The molecule has 2 aromatic carbocycles. The number of benzene rings is 2. The third-order valence-electron chi connectivity index (χ3n) is 3.89. The van der Waals surface area contributed by atoms with Gasteiger partial charge in [-0.15, -0.1) is 0 Å². The molecule has 0 saturated heterocycles. The first-order valence-electron chi connectivity index (χ1n) is 7.84. The molecular weight excluding hydrogens is 341 g/mol. The molecule has 0 aliphatic carbocycles. The molecule has 0 fully saturated rings. The van der Waals surface area contributed by atoms with Crippen LogP contribution < -0.4 is 5.32 Å². The molecule has 1 heterocycles. The van der Waals surface area contributed by atoms with Gasteiger partial charge in [0.1, 0.15) is 0 Å². The van der Waals surface area contributed by atoms with Gasteiger partial charge in [-0.3, -0.25) is 0 Å². The second-order valence-electron chi connectivity index (χ2n) is 5.77. The molecule has 1 aromatic heterocycles. The summed E-state index contributed by atoms with van der Waals surface area (Å²) < 4.78 is 40.9. The van der Waals surface area contributed by atoms with Crippen LogP contribution in [-0.2, 0) is 19.3 Å². The van der Waals surface area contributed by atoms with E-state index in [2.05, 4.69) is 10.3 Å². The van der Waals surface area contributed by atoms with E-state index in [0.717, 1.165) is 17.2 Å². The quantitative estimate of drug-likeness (QED) is 0.736. The van der Waals surface area contributed by atoms with E-state index in [0.29, 0.717) is 18.8 Å². The van der Waals surface area contributed by atoms with E-state index in [1.165, 1.54) is 12.1 Å². The van der Waals surface area contributed by atoms with E-state index in [4.69, 9.17) is 5.26 Å². The standard InChI is InChI=1S/C19H15F3N4/c20-19(21,22)18-9-17(6-5-16(18)10-23)25-11-14-1-3-15(4-2-14)12-26-8-7-24-13-26/h1-9,13,25H,11-12H2. The molecule has 7 heteroatoms. The van der Waals surface area contributed by atoms with Crippen LogP contribution in [0.3, 0.4) is 0 Å². The summed E-state index contributed by atoms with van der Waals surface area (Å²) in [6.45, 7) is 1.09. The smallest absolute Gasteiger partial charge is 0.381 e. The lowest BCUT2D eigenvalue weighted by Gasteiger charge is -2.12. The Bertz CT molecular complexity index is 907. The second kappa shape index (κ2) is 7.31. The van der Waals surface area contributed by atoms with Gasteiger partial charge >= 0.3 is 6.18 Å². The van der Waals surface area contributed by atoms with E-state index >= 15 is 0 Å². The van der Waals surface area contributed by atoms with Gasteiger partial charge in [-0.1, -0.05) is 24.3 Å². The van der Waals surface area contributed by atoms with E-state index in [9.17, 15) is 13.2 Å². The summed E-state index contributed by atoms with van der Waals surface area (Å²) in [5.41, 5.74) is 1.05. The number of nitrogens with zero attached hydrogens (tertiary/aromatic N) is 3. The fraction of sp³-hybridized carbons (Fsp3) is 0.158. The van der Waals surface area contributed by atoms with Gasteiger partial charge in [0.05, 0.1) is 23.5 Å². The largest absolute Gasteiger partial charge is 0.417 e. The Balaban J connectivity index is 1.66. The van der Waals surface area contributed by atoms with Gasteiger partial charge in [0.2, 0.25) is 0 Å². The van der Waals surface area contributed by atoms with Gasteiger partial charge in [-0.2, -0.15) is 18.4 Å². The maximum Gasteiger partial charge on any atom is 0.417 e. The summed E-state index contributed by atoms with van der Waals surface area (Å²) in [6, 6.07) is 13.0. The molecule has 0 atom stereocenters. The fourth-order valence-corrected chi connectivity index (χ4v) is 2.54. The van der Waals surface area contributed by atoms with Gasteiger partial charge in [-0.05, 0) is 29.3 Å². The van der Waals surface area contributed by atoms with Crippen molar-refractivity contribution in [3.8, 4) is 6.07 Å². The van der Waals surface area contributed by atoms with Crippen molar-refractivity contribution in [1.29, 1.82) is 5.26 Å². The summed E-state index contributed by atoms with van der Waals surface area (Å²) >= 11 is 0. The highest BCUT2D eigenvalue weighted by atomic mass is 19.4. The summed E-state index contributed by atoms with van der Waals surface area (Å²) in [5, 5.41) is 11.8. The average Bonchev–Trinajstić information content (AvgIpc) is 3.13. The number of rotatable bonds is 5. The number of nitrogens with one attached hydrogen (secondary N) is 1. The number of hydrogen-bond acceptors (Lipinski definition) is 3. The van der Waals surface area contributed by atoms with Crippen molar-refractivity contribution in [3.05, 3.63) is 83.4 Å². The lowest BCUT2D eigenvalue weighted by Crippen LogP contribution is -2.09. The van der Waals surface area contributed by atoms with Crippen molar-refractivity contribution < 1.29 is 13.2 Å². The minimum absolute atomic E-state index is 0.318. The zero-order chi connectivity index (χ0) is 18.6. The molecule has 0 saturated carbocycles. The summed E-state index contributed by atoms with van der Waals surface area (Å²) in [6.07, 6.45) is 0.764. The zero-order valence-electron chi connectivity index (χ0n) is 13.7. The third kappa shape index (κ3) is 4.22. The van der Waals surface area contributed by atoms with Crippen molar-refractivity contribution in [3.63, 3.8) is 0 Å². The number of anilines is 1. The highest BCUT2D eigenvalue weighted by molar-refractivity contribution is 5.53. The first-order valence-corrected chi connectivity index (χ1v) is 7.84. The van der Waals surface area contributed by atoms with E-state index in [1.807, 2.05) is 35.0 Å². The molecule has 0 aliphatic heterocycles. The Labute approximate surface area is 148 Å². The number of imidazole rings is 1. The average molecular weight is 356 g/mol. The molecule has 0 amide bonds. The first kappa shape index (κ1) is 17.5. The summed E-state index contributed by atoms with van der Waals surface area (Å²) in [5.74, 6) is 0. The summed E-state index contributed by atoms with van der Waals surface area (Å²) in [7, 11) is 0. The third-order valence-corrected chi connectivity index (χ3v) is 3.89. The highest BCUT2D eigenvalue weighted by Gasteiger charge is 2.33. The molecular formula is C19H15F3N4. The Hall–Kier alpha value is -3.27. The van der Waals surface area contributed by atoms with Crippen LogP contribution in [0.5, 0.6) is 0 Å². The SMILES string of the molecule is N#Cc1ccc(NCc2ccc(Cn3ccnc3)cc2)cc1C(F)(F)F. The maximum absolute atomic E-state index is 13.0. The topological polar surface area (TPSA) is 53.6 Å². The Morgan fingerprint density at radius 1 is 1.08 bits per heavy atom. The zero-order valence-corrected chi connectivity index (χ0v) is 13.7. The molecule has 1 N–H and O–H groups in total. The van der Waals surface area contributed by atoms with Gasteiger partial charge in [0.15, 0.2) is 0 Å². The lowest BCUT2D eigenvalue weighted by molar-refractivity contribution is -0.137. The lowest BCUT2D eigenvalue weighted by atomic mass is 10.1. The van der Waals surface area contributed by atoms with Crippen LogP contribution >= 0.6 is 0 Å². The van der Waals surface area contributed by atoms with Crippen LogP contribution in [-0.4, -0.2) is 9.55 Å². The van der Waals surface area contributed by atoms with Gasteiger partial charge in [-0.25, -0.2) is 4.98 Å². The molecule has 0 radical (unpaired) electrons. The van der Waals surface area contributed by atoms with Crippen molar-refractivity contribution in [2.24, 2.45) is 0 Å². The molecule has 26 heavy (non-hydrogen) atoms. The summed E-state index contributed by atoms with van der Waals surface area (Å²) in [4.78, 5) is 3.99. The van der Waals surface area contributed by atoms with Crippen LogP contribution in [0.15, 0.2) is 61.2 Å². The van der Waals surface area contributed by atoms with Crippen molar-refractivity contribution in [2.75, 3.05) is 5.32 Å². The van der Waals surface area contributed by atoms with Crippen LogP contribution in [0.1, 0.15) is 22.3 Å². The van der Waals surface area contributed by atoms with Crippen LogP contribution in [0.2, 0.25) is 0 Å². The van der Waals surface area contributed by atoms with E-state index in [1.54, 1.807) is 18.6 Å². The van der Waals surface area contributed by atoms with Gasteiger partial charge in [0, 0.05) is 31.2 Å². The second-order valence-corrected chi connectivity index (χ2v) is 5.77. The monoisotopic (exact) mass is 356 g/mol. The van der Waals surface area contributed by atoms with Crippen LogP contribution in [0.4, 0.5) is 18.9 Å². The number of nitriles is 1. The van der Waals surface area contributed by atoms with Crippen molar-refractivity contribution in [2.45, 2.75) is 19.3 Å². The Kier molecular flexibility index (Phi) is 4.94. The molecule has 0 spiro atoms. The molecule has 4 nitrogen and oxygen atoms in total. The Morgan fingerprint density at radius 3 is 2.42 bits per heavy atom. The number of hydrogen-bond donors (Lipinski definition) is 1. The number of aromatic nitrogens is 2. The van der Waals surface area contributed by atoms with Crippen LogP contribution in [0, 0.1) is 11.3 Å². The minimum Gasteiger partial charge on any atom is -0.381 e. The molecule has 3 rings (SSSR count). The number of alkyl halides is 3. The molecule has 0 unspecified atom stereocenters. The predicted molar refractivity (Wildman–Crippen MR) is 91.3 cm³/mol. The predicted octanol–water partition coefficient (Wildman–Crippen LogP) is 4.43. The molecule has 0 aliphatic rings. The number of halogens is 3. The van der Waals surface area contributed by atoms with Crippen molar-refractivity contribution in [1.82, 2.24) is 9.55 Å². The van der Waals surface area contributed by atoms with E-state index in [-0.39, 0.29) is 5.56 Å². The van der Waals surface area contributed by atoms with Gasteiger partial charge in [0.25, 0.3) is 0 Å². The first-order chi connectivity index (χ1) is 12.5. The minimum atomic E-state index is -4.56.